The number of oxime groups is 1. The maximum Gasteiger partial charge on any atom is 0.317 e. The molecule has 0 aromatic heterocycles. The Labute approximate surface area is 256 Å². The molecule has 0 amide bonds. The second-order valence-corrected chi connectivity index (χ2v) is 11.1. The van der Waals surface area contributed by atoms with Gasteiger partial charge in [-0.1, -0.05) is 68.2 Å². The largest absolute Gasteiger partial charge is 0.511 e. The first-order valence-electron chi connectivity index (χ1n) is 13.8. The van der Waals surface area contributed by atoms with Crippen molar-refractivity contribution < 1.29 is 43.3 Å². The summed E-state index contributed by atoms with van der Waals surface area (Å²) >= 11 is 11.8. The highest BCUT2D eigenvalue weighted by atomic mass is 35.5. The average molecular weight is 629 g/mol. The molecule has 0 aliphatic heterocycles. The Morgan fingerprint density at radius 1 is 1.07 bits per heavy atom. The lowest BCUT2D eigenvalue weighted by Crippen LogP contribution is -2.42. The number of hydrogen-bond donors (Lipinski definition) is 1. The van der Waals surface area contributed by atoms with E-state index in [1.54, 1.807) is 32.0 Å². The molecule has 0 bridgehead atoms. The van der Waals surface area contributed by atoms with Crippen molar-refractivity contribution in [1.82, 2.24) is 0 Å². The Kier molecular flexibility index (Phi) is 14.9. The van der Waals surface area contributed by atoms with Gasteiger partial charge in [-0.05, 0) is 36.5 Å². The fraction of sp³-hybridized carbons (Fsp3) is 0.533. The summed E-state index contributed by atoms with van der Waals surface area (Å²) < 4.78 is 21.4. The van der Waals surface area contributed by atoms with Crippen molar-refractivity contribution in [2.45, 2.75) is 52.9 Å². The average Bonchev–Trinajstić information content (AvgIpc) is 2.89. The lowest BCUT2D eigenvalue weighted by atomic mass is 9.67. The van der Waals surface area contributed by atoms with Gasteiger partial charge in [-0.2, -0.15) is 0 Å². The maximum atomic E-state index is 13.0. The Morgan fingerprint density at radius 2 is 1.74 bits per heavy atom. The highest BCUT2D eigenvalue weighted by Gasteiger charge is 2.48. The van der Waals surface area contributed by atoms with E-state index in [1.165, 1.54) is 6.08 Å². The summed E-state index contributed by atoms with van der Waals surface area (Å²) in [5, 5.41) is 16.0. The standard InChI is InChI=1S/C30H39Cl2NO9/c1-5-8-23(33-42-10-6-2)26-24(34)19-30(3,4)27(28(26)36)29(37)41-15-13-38-12-14-40-25(35)9-7-11-39-22-17-20(31)16-21(32)18-22/h6,16-18,27,36H,2,5,7-15,19H2,1,3-4H3/b33-23+. The quantitative estimate of drug-likeness (QED) is 0.0680. The number of Topliss-reactive ketones (excluding diaryl/α,β-unsaturated/α-hetero) is 1. The van der Waals surface area contributed by atoms with Gasteiger partial charge in [0.1, 0.15) is 37.2 Å². The van der Waals surface area contributed by atoms with E-state index in [-0.39, 0.29) is 68.7 Å². The Balaban J connectivity index is 1.75. The number of benzene rings is 1. The molecule has 0 saturated heterocycles. The fourth-order valence-corrected chi connectivity index (χ4v) is 4.82. The van der Waals surface area contributed by atoms with Gasteiger partial charge in [0.2, 0.25) is 0 Å². The van der Waals surface area contributed by atoms with Crippen LogP contribution >= 0.6 is 23.2 Å². The van der Waals surface area contributed by atoms with Gasteiger partial charge in [0.15, 0.2) is 5.78 Å². The molecule has 0 saturated carbocycles. The molecule has 2 rings (SSSR count). The molecule has 12 heteroatoms. The van der Waals surface area contributed by atoms with E-state index in [1.807, 2.05) is 6.92 Å². The van der Waals surface area contributed by atoms with Crippen LogP contribution in [0.2, 0.25) is 10.0 Å². The smallest absolute Gasteiger partial charge is 0.317 e. The van der Waals surface area contributed by atoms with Crippen molar-refractivity contribution in [2.75, 3.05) is 39.6 Å². The van der Waals surface area contributed by atoms with Gasteiger partial charge in [-0.15, -0.1) is 0 Å². The molecule has 1 atom stereocenters. The zero-order valence-corrected chi connectivity index (χ0v) is 25.8. The number of esters is 2. The SMILES string of the molecule is C=CCO/N=C(\CCC)C1=C(O)C(C(=O)OCCOCCOC(=O)CCCOc2cc(Cl)cc(Cl)c2)C(C)(C)CC1=O. The highest BCUT2D eigenvalue weighted by Crippen LogP contribution is 2.42. The van der Waals surface area contributed by atoms with Gasteiger partial charge in [0.25, 0.3) is 0 Å². The molecule has 0 radical (unpaired) electrons. The van der Waals surface area contributed by atoms with Crippen LogP contribution in [0.3, 0.4) is 0 Å². The van der Waals surface area contributed by atoms with E-state index >= 15 is 0 Å². The van der Waals surface area contributed by atoms with Crippen molar-refractivity contribution in [2.24, 2.45) is 16.5 Å². The van der Waals surface area contributed by atoms with E-state index in [4.69, 9.17) is 47.0 Å². The van der Waals surface area contributed by atoms with E-state index in [0.717, 1.165) is 0 Å². The summed E-state index contributed by atoms with van der Waals surface area (Å²) in [7, 11) is 0. The minimum Gasteiger partial charge on any atom is -0.511 e. The summed E-state index contributed by atoms with van der Waals surface area (Å²) in [5.41, 5.74) is -0.588. The van der Waals surface area contributed by atoms with Crippen molar-refractivity contribution in [3.63, 3.8) is 0 Å². The monoisotopic (exact) mass is 627 g/mol. The minimum absolute atomic E-state index is 0.000626. The topological polar surface area (TPSA) is 130 Å². The van der Waals surface area contributed by atoms with Gasteiger partial charge < -0.3 is 28.9 Å². The number of carbonyl (C=O) groups excluding carboxylic acids is 3. The van der Waals surface area contributed by atoms with Crippen LogP contribution in [-0.2, 0) is 33.4 Å². The van der Waals surface area contributed by atoms with Crippen LogP contribution in [0.5, 0.6) is 5.75 Å². The molecular formula is C30H39Cl2NO9. The van der Waals surface area contributed by atoms with Crippen LogP contribution in [0.25, 0.3) is 0 Å². The van der Waals surface area contributed by atoms with Gasteiger partial charge in [-0.3, -0.25) is 14.4 Å². The fourth-order valence-electron chi connectivity index (χ4n) is 4.31. The molecule has 232 valence electrons. The van der Waals surface area contributed by atoms with Gasteiger partial charge in [0, 0.05) is 22.9 Å². The van der Waals surface area contributed by atoms with E-state index in [0.29, 0.717) is 41.7 Å². The second kappa shape index (κ2) is 17.8. The third-order valence-electron chi connectivity index (χ3n) is 6.18. The summed E-state index contributed by atoms with van der Waals surface area (Å²) in [6.45, 7) is 9.46. The van der Waals surface area contributed by atoms with Gasteiger partial charge >= 0.3 is 11.9 Å². The number of aliphatic hydroxyl groups is 1. The van der Waals surface area contributed by atoms with Crippen LogP contribution in [0.15, 0.2) is 47.3 Å². The first-order chi connectivity index (χ1) is 20.0. The zero-order valence-electron chi connectivity index (χ0n) is 24.3. The molecule has 1 N–H and O–H groups in total. The third kappa shape index (κ3) is 11.3. The van der Waals surface area contributed by atoms with Crippen LogP contribution in [0, 0.1) is 11.3 Å². The van der Waals surface area contributed by atoms with Crippen molar-refractivity contribution >= 4 is 46.6 Å². The van der Waals surface area contributed by atoms with Gasteiger partial charge in [-0.25, -0.2) is 0 Å². The number of ketones is 1. The van der Waals surface area contributed by atoms with Crippen LogP contribution < -0.4 is 4.74 Å². The number of aliphatic hydroxyl groups excluding tert-OH is 1. The zero-order chi connectivity index (χ0) is 31.1. The minimum atomic E-state index is -1.06. The van der Waals surface area contributed by atoms with Crippen molar-refractivity contribution in [3.8, 4) is 5.75 Å². The number of allylic oxidation sites excluding steroid dienone is 1. The predicted octanol–water partition coefficient (Wildman–Crippen LogP) is 6.04. The molecule has 1 aliphatic rings. The lowest BCUT2D eigenvalue weighted by Gasteiger charge is -2.36. The number of ether oxygens (including phenoxy) is 4. The van der Waals surface area contributed by atoms with Crippen molar-refractivity contribution in [3.05, 3.63) is 52.2 Å². The summed E-state index contributed by atoms with van der Waals surface area (Å²) in [5.74, 6) is -2.30. The van der Waals surface area contributed by atoms with E-state index in [9.17, 15) is 19.5 Å². The summed E-state index contributed by atoms with van der Waals surface area (Å²) in [6.07, 6.45) is 3.18. The van der Waals surface area contributed by atoms with E-state index < -0.39 is 23.3 Å². The predicted molar refractivity (Wildman–Crippen MR) is 159 cm³/mol. The van der Waals surface area contributed by atoms with Gasteiger partial charge in [0.05, 0.1) is 31.1 Å². The molecule has 1 aliphatic carbocycles. The van der Waals surface area contributed by atoms with E-state index in [2.05, 4.69) is 11.7 Å². The Morgan fingerprint density at radius 3 is 2.38 bits per heavy atom. The molecule has 1 unspecified atom stereocenters. The molecule has 42 heavy (non-hydrogen) atoms. The number of hydrogen-bond acceptors (Lipinski definition) is 10. The lowest BCUT2D eigenvalue weighted by molar-refractivity contribution is -0.155. The Hall–Kier alpha value is -3.08. The third-order valence-corrected chi connectivity index (χ3v) is 6.61. The molecule has 1 aromatic rings. The molecule has 0 fully saturated rings. The van der Waals surface area contributed by atoms with Crippen LogP contribution in [-0.4, -0.2) is 68.2 Å². The van der Waals surface area contributed by atoms with Crippen LogP contribution in [0.4, 0.5) is 0 Å². The molecule has 0 spiro atoms. The second-order valence-electron chi connectivity index (χ2n) is 10.2. The molecule has 10 nitrogen and oxygen atoms in total. The van der Waals surface area contributed by atoms with Crippen molar-refractivity contribution in [1.29, 1.82) is 0 Å². The first-order valence-corrected chi connectivity index (χ1v) is 14.5. The Bertz CT molecular complexity index is 1140. The summed E-state index contributed by atoms with van der Waals surface area (Å²) in [4.78, 5) is 43.0. The highest BCUT2D eigenvalue weighted by molar-refractivity contribution is 6.34. The first kappa shape index (κ1) is 35.1. The number of nitrogens with zero attached hydrogens (tertiary/aromatic N) is 1. The number of carbonyl (C=O) groups is 3. The number of rotatable bonds is 18. The molecule has 1 aromatic carbocycles. The maximum absolute atomic E-state index is 13.0. The normalized spacial score (nSPS) is 16.6. The molecular weight excluding hydrogens is 589 g/mol. The summed E-state index contributed by atoms with van der Waals surface area (Å²) in [6, 6.07) is 4.86. The number of halogens is 2. The molecule has 0 heterocycles. The van der Waals surface area contributed by atoms with Crippen LogP contribution in [0.1, 0.15) is 52.9 Å².